The lowest BCUT2D eigenvalue weighted by atomic mass is 10.1. The molecular weight excluding hydrogens is 262 g/mol. The molecule has 2 rings (SSSR count). The fourth-order valence-electron chi connectivity index (χ4n) is 2.04. The largest absolute Gasteiger partial charge is 0.497 e. The van der Waals surface area contributed by atoms with Crippen molar-refractivity contribution in [1.29, 1.82) is 0 Å². The number of benzene rings is 1. The van der Waals surface area contributed by atoms with Crippen LogP contribution in [-0.2, 0) is 4.74 Å². The fourth-order valence-corrected chi connectivity index (χ4v) is 2.04. The highest BCUT2D eigenvalue weighted by atomic mass is 35.5. The third-order valence-electron chi connectivity index (χ3n) is 3.28. The molecule has 0 bridgehead atoms. The minimum atomic E-state index is 0. The third-order valence-corrected chi connectivity index (χ3v) is 3.28. The SMILES string of the molecule is COc1cccc(/C(C)=C/CN2CCOCC2)c1.Cl. The van der Waals surface area contributed by atoms with Gasteiger partial charge in [0.25, 0.3) is 0 Å². The Morgan fingerprint density at radius 1 is 1.37 bits per heavy atom. The molecule has 1 heterocycles. The van der Waals surface area contributed by atoms with E-state index in [9.17, 15) is 0 Å². The monoisotopic (exact) mass is 283 g/mol. The lowest BCUT2D eigenvalue weighted by Gasteiger charge is -2.25. The van der Waals surface area contributed by atoms with Crippen LogP contribution in [0.2, 0.25) is 0 Å². The predicted molar refractivity (Wildman–Crippen MR) is 81.2 cm³/mol. The Kier molecular flexibility index (Phi) is 6.92. The van der Waals surface area contributed by atoms with Crippen molar-refractivity contribution in [1.82, 2.24) is 4.90 Å². The van der Waals surface area contributed by atoms with Crippen LogP contribution in [0, 0.1) is 0 Å². The second-order valence-corrected chi connectivity index (χ2v) is 4.53. The maximum Gasteiger partial charge on any atom is 0.119 e. The molecule has 0 amide bonds. The molecule has 1 aromatic carbocycles. The number of hydrogen-bond acceptors (Lipinski definition) is 3. The van der Waals surface area contributed by atoms with E-state index in [4.69, 9.17) is 9.47 Å². The zero-order valence-corrected chi connectivity index (χ0v) is 12.4. The Morgan fingerprint density at radius 3 is 2.79 bits per heavy atom. The van der Waals surface area contributed by atoms with Gasteiger partial charge in [-0.15, -0.1) is 12.4 Å². The van der Waals surface area contributed by atoms with Gasteiger partial charge in [-0.25, -0.2) is 0 Å². The first-order valence-corrected chi connectivity index (χ1v) is 6.41. The van der Waals surface area contributed by atoms with Gasteiger partial charge in [0.05, 0.1) is 20.3 Å². The molecule has 0 atom stereocenters. The molecule has 1 aromatic rings. The lowest BCUT2D eigenvalue weighted by Crippen LogP contribution is -2.36. The second kappa shape index (κ2) is 8.20. The van der Waals surface area contributed by atoms with Crippen molar-refractivity contribution >= 4 is 18.0 Å². The van der Waals surface area contributed by atoms with Crippen molar-refractivity contribution in [2.75, 3.05) is 40.0 Å². The van der Waals surface area contributed by atoms with Crippen molar-refractivity contribution in [2.24, 2.45) is 0 Å². The molecule has 0 aliphatic carbocycles. The molecule has 0 spiro atoms. The van der Waals surface area contributed by atoms with E-state index in [2.05, 4.69) is 30.0 Å². The molecule has 1 saturated heterocycles. The first kappa shape index (κ1) is 16.0. The fraction of sp³-hybridized carbons (Fsp3) is 0.467. The minimum absolute atomic E-state index is 0. The molecule has 106 valence electrons. The van der Waals surface area contributed by atoms with E-state index < -0.39 is 0 Å². The maximum atomic E-state index is 5.34. The van der Waals surface area contributed by atoms with E-state index in [1.807, 2.05) is 12.1 Å². The predicted octanol–water partition coefficient (Wildman–Crippen LogP) is 2.85. The van der Waals surface area contributed by atoms with Gasteiger partial charge in [-0.1, -0.05) is 18.2 Å². The summed E-state index contributed by atoms with van der Waals surface area (Å²) in [6.07, 6.45) is 2.28. The highest BCUT2D eigenvalue weighted by Crippen LogP contribution is 2.19. The summed E-state index contributed by atoms with van der Waals surface area (Å²) in [6, 6.07) is 8.19. The van der Waals surface area contributed by atoms with E-state index in [0.717, 1.165) is 38.6 Å². The van der Waals surface area contributed by atoms with Crippen LogP contribution in [0.4, 0.5) is 0 Å². The Morgan fingerprint density at radius 2 is 2.11 bits per heavy atom. The third kappa shape index (κ3) is 4.86. The van der Waals surface area contributed by atoms with Crippen LogP contribution in [0.3, 0.4) is 0 Å². The summed E-state index contributed by atoms with van der Waals surface area (Å²) in [5.41, 5.74) is 2.52. The van der Waals surface area contributed by atoms with Crippen LogP contribution >= 0.6 is 12.4 Å². The van der Waals surface area contributed by atoms with Gasteiger partial charge in [0.2, 0.25) is 0 Å². The van der Waals surface area contributed by atoms with Crippen molar-refractivity contribution in [3.63, 3.8) is 0 Å². The Labute approximate surface area is 121 Å². The van der Waals surface area contributed by atoms with Crippen LogP contribution in [0.1, 0.15) is 12.5 Å². The number of halogens is 1. The average Bonchev–Trinajstić information content (AvgIpc) is 2.46. The Bertz CT molecular complexity index is 414. The highest BCUT2D eigenvalue weighted by Gasteiger charge is 2.08. The Hall–Kier alpha value is -1.03. The number of ether oxygens (including phenoxy) is 2. The summed E-state index contributed by atoms with van der Waals surface area (Å²) in [6.45, 7) is 6.91. The van der Waals surface area contributed by atoms with Crippen LogP contribution in [-0.4, -0.2) is 44.9 Å². The normalized spacial score (nSPS) is 16.8. The van der Waals surface area contributed by atoms with Gasteiger partial charge in [-0.05, 0) is 30.2 Å². The number of nitrogens with zero attached hydrogens (tertiary/aromatic N) is 1. The molecule has 3 nitrogen and oxygen atoms in total. The summed E-state index contributed by atoms with van der Waals surface area (Å²) >= 11 is 0. The molecule has 1 fully saturated rings. The number of allylic oxidation sites excluding steroid dienone is 1. The van der Waals surface area contributed by atoms with E-state index in [1.165, 1.54) is 11.1 Å². The van der Waals surface area contributed by atoms with Crippen LogP contribution < -0.4 is 4.74 Å². The van der Waals surface area contributed by atoms with E-state index in [-0.39, 0.29) is 12.4 Å². The van der Waals surface area contributed by atoms with Gasteiger partial charge in [-0.2, -0.15) is 0 Å². The van der Waals surface area contributed by atoms with Crippen molar-refractivity contribution in [3.8, 4) is 5.75 Å². The van der Waals surface area contributed by atoms with E-state index in [1.54, 1.807) is 7.11 Å². The molecule has 0 radical (unpaired) electrons. The van der Waals surface area contributed by atoms with Crippen molar-refractivity contribution < 1.29 is 9.47 Å². The lowest BCUT2D eigenvalue weighted by molar-refractivity contribution is 0.0435. The van der Waals surface area contributed by atoms with Crippen molar-refractivity contribution in [3.05, 3.63) is 35.9 Å². The van der Waals surface area contributed by atoms with Gasteiger partial charge in [0, 0.05) is 19.6 Å². The molecule has 1 aliphatic rings. The van der Waals surface area contributed by atoms with Gasteiger partial charge in [-0.3, -0.25) is 4.90 Å². The van der Waals surface area contributed by atoms with Crippen LogP contribution in [0.15, 0.2) is 30.3 Å². The molecule has 19 heavy (non-hydrogen) atoms. The topological polar surface area (TPSA) is 21.7 Å². The van der Waals surface area contributed by atoms with Crippen molar-refractivity contribution in [2.45, 2.75) is 6.92 Å². The summed E-state index contributed by atoms with van der Waals surface area (Å²) in [4.78, 5) is 2.41. The number of rotatable bonds is 4. The molecular formula is C15H22ClNO2. The first-order chi connectivity index (χ1) is 8.79. The first-order valence-electron chi connectivity index (χ1n) is 6.41. The molecule has 0 N–H and O–H groups in total. The van der Waals surface area contributed by atoms with E-state index >= 15 is 0 Å². The standard InChI is InChI=1S/C15H21NO2.ClH/c1-13(6-7-16-8-10-18-11-9-16)14-4-3-5-15(12-14)17-2;/h3-6,12H,7-11H2,1-2H3;1H/b13-6+;. The number of hydrogen-bond donors (Lipinski definition) is 0. The van der Waals surface area contributed by atoms with Crippen LogP contribution in [0.5, 0.6) is 5.75 Å². The zero-order chi connectivity index (χ0) is 12.8. The number of methoxy groups -OCH3 is 1. The average molecular weight is 284 g/mol. The second-order valence-electron chi connectivity index (χ2n) is 4.53. The minimum Gasteiger partial charge on any atom is -0.497 e. The summed E-state index contributed by atoms with van der Waals surface area (Å²) in [5.74, 6) is 0.909. The number of morpholine rings is 1. The summed E-state index contributed by atoms with van der Waals surface area (Å²) in [7, 11) is 1.70. The quantitative estimate of drug-likeness (QED) is 0.848. The highest BCUT2D eigenvalue weighted by molar-refractivity contribution is 5.85. The van der Waals surface area contributed by atoms with Gasteiger partial charge < -0.3 is 9.47 Å². The summed E-state index contributed by atoms with van der Waals surface area (Å²) < 4.78 is 10.6. The molecule has 0 aromatic heterocycles. The zero-order valence-electron chi connectivity index (χ0n) is 11.6. The smallest absolute Gasteiger partial charge is 0.119 e. The Balaban J connectivity index is 0.00000180. The molecule has 0 saturated carbocycles. The van der Waals surface area contributed by atoms with Crippen LogP contribution in [0.25, 0.3) is 5.57 Å². The summed E-state index contributed by atoms with van der Waals surface area (Å²) in [5, 5.41) is 0. The molecule has 0 unspecified atom stereocenters. The molecule has 1 aliphatic heterocycles. The van der Waals surface area contributed by atoms with Gasteiger partial charge in [0.15, 0.2) is 0 Å². The van der Waals surface area contributed by atoms with Gasteiger partial charge in [0.1, 0.15) is 5.75 Å². The van der Waals surface area contributed by atoms with E-state index in [0.29, 0.717) is 0 Å². The van der Waals surface area contributed by atoms with Gasteiger partial charge >= 0.3 is 0 Å². The molecule has 4 heteroatoms. The maximum absolute atomic E-state index is 5.34.